The van der Waals surface area contributed by atoms with E-state index in [2.05, 4.69) is 15.0 Å². The second-order valence-electron chi connectivity index (χ2n) is 6.08. The molecule has 1 aliphatic heterocycles. The van der Waals surface area contributed by atoms with Crippen molar-refractivity contribution < 1.29 is 8.94 Å². The molecular weight excluding hydrogens is 308 g/mol. The third kappa shape index (κ3) is 2.65. The van der Waals surface area contributed by atoms with Crippen molar-refractivity contribution in [3.05, 3.63) is 46.5 Å². The summed E-state index contributed by atoms with van der Waals surface area (Å²) in [6.45, 7) is 4.32. The van der Waals surface area contributed by atoms with Gasteiger partial charge in [-0.2, -0.15) is 4.98 Å². The SMILES string of the molecule is CCc1nc(C2CCCN2CCn2c(=O)oc3ccccc32)no1. The Morgan fingerprint density at radius 1 is 1.29 bits per heavy atom. The highest BCUT2D eigenvalue weighted by Crippen LogP contribution is 2.30. The summed E-state index contributed by atoms with van der Waals surface area (Å²) in [5, 5.41) is 4.12. The molecule has 4 rings (SSSR count). The van der Waals surface area contributed by atoms with E-state index in [0.29, 0.717) is 18.0 Å². The first-order valence-corrected chi connectivity index (χ1v) is 8.41. The van der Waals surface area contributed by atoms with Gasteiger partial charge in [0, 0.05) is 19.5 Å². The average Bonchev–Trinajstić information content (AvgIpc) is 3.30. The number of hydrogen-bond acceptors (Lipinski definition) is 6. The molecule has 1 unspecified atom stereocenters. The standard InChI is InChI=1S/C17H20N4O3/c1-2-15-18-16(19-24-15)13-7-5-9-20(13)10-11-21-12-6-3-4-8-14(12)23-17(21)22/h3-4,6,8,13H,2,5,7,9-11H2,1H3. The second kappa shape index (κ2) is 6.24. The zero-order valence-electron chi connectivity index (χ0n) is 13.6. The largest absolute Gasteiger partial charge is 0.419 e. The fourth-order valence-corrected chi connectivity index (χ4v) is 3.39. The van der Waals surface area contributed by atoms with Gasteiger partial charge in [0.25, 0.3) is 0 Å². The molecule has 24 heavy (non-hydrogen) atoms. The van der Waals surface area contributed by atoms with Gasteiger partial charge in [-0.1, -0.05) is 24.2 Å². The molecule has 0 bridgehead atoms. The van der Waals surface area contributed by atoms with Gasteiger partial charge in [0.2, 0.25) is 5.89 Å². The predicted molar refractivity (Wildman–Crippen MR) is 87.7 cm³/mol. The summed E-state index contributed by atoms with van der Waals surface area (Å²) in [6.07, 6.45) is 2.86. The summed E-state index contributed by atoms with van der Waals surface area (Å²) in [4.78, 5) is 18.9. The number of hydrogen-bond donors (Lipinski definition) is 0. The molecule has 0 N–H and O–H groups in total. The Morgan fingerprint density at radius 2 is 2.17 bits per heavy atom. The molecule has 3 aromatic rings. The Hall–Kier alpha value is -2.41. The summed E-state index contributed by atoms with van der Waals surface area (Å²) in [7, 11) is 0. The zero-order chi connectivity index (χ0) is 16.5. The minimum absolute atomic E-state index is 0.169. The normalized spacial score (nSPS) is 18.6. The van der Waals surface area contributed by atoms with Gasteiger partial charge < -0.3 is 8.94 Å². The Balaban J connectivity index is 1.52. The van der Waals surface area contributed by atoms with E-state index in [1.54, 1.807) is 4.57 Å². The third-order valence-electron chi connectivity index (χ3n) is 4.63. The third-order valence-corrected chi connectivity index (χ3v) is 4.63. The summed E-state index contributed by atoms with van der Waals surface area (Å²) >= 11 is 0. The lowest BCUT2D eigenvalue weighted by atomic mass is 10.2. The van der Waals surface area contributed by atoms with E-state index in [9.17, 15) is 4.79 Å². The van der Waals surface area contributed by atoms with Crippen LogP contribution in [-0.4, -0.2) is 32.7 Å². The van der Waals surface area contributed by atoms with Crippen LogP contribution >= 0.6 is 0 Å². The molecule has 1 aliphatic rings. The van der Waals surface area contributed by atoms with Crippen molar-refractivity contribution in [1.29, 1.82) is 0 Å². The van der Waals surface area contributed by atoms with Crippen molar-refractivity contribution >= 4 is 11.1 Å². The lowest BCUT2D eigenvalue weighted by Crippen LogP contribution is -2.30. The molecule has 1 aromatic carbocycles. The fraction of sp³-hybridized carbons (Fsp3) is 0.471. The highest BCUT2D eigenvalue weighted by molar-refractivity contribution is 5.72. The van der Waals surface area contributed by atoms with Crippen LogP contribution in [0.3, 0.4) is 0 Å². The number of oxazole rings is 1. The quantitative estimate of drug-likeness (QED) is 0.715. The zero-order valence-corrected chi connectivity index (χ0v) is 13.6. The molecule has 7 nitrogen and oxygen atoms in total. The van der Waals surface area contributed by atoms with Gasteiger partial charge in [0.1, 0.15) is 0 Å². The molecule has 3 heterocycles. The monoisotopic (exact) mass is 328 g/mol. The van der Waals surface area contributed by atoms with Crippen molar-refractivity contribution in [1.82, 2.24) is 19.6 Å². The first-order valence-electron chi connectivity index (χ1n) is 8.41. The van der Waals surface area contributed by atoms with E-state index in [0.717, 1.165) is 43.7 Å². The van der Waals surface area contributed by atoms with Gasteiger partial charge in [-0.15, -0.1) is 0 Å². The van der Waals surface area contributed by atoms with Crippen LogP contribution in [0.4, 0.5) is 0 Å². The van der Waals surface area contributed by atoms with E-state index >= 15 is 0 Å². The van der Waals surface area contributed by atoms with Crippen LogP contribution < -0.4 is 5.76 Å². The lowest BCUT2D eigenvalue weighted by Gasteiger charge is -2.21. The van der Waals surface area contributed by atoms with E-state index in [1.807, 2.05) is 31.2 Å². The van der Waals surface area contributed by atoms with Crippen LogP contribution in [0.5, 0.6) is 0 Å². The molecular formula is C17H20N4O3. The molecule has 0 radical (unpaired) electrons. The minimum atomic E-state index is -0.306. The minimum Gasteiger partial charge on any atom is -0.408 e. The van der Waals surface area contributed by atoms with Crippen LogP contribution in [0.25, 0.3) is 11.1 Å². The van der Waals surface area contributed by atoms with Crippen LogP contribution in [0.2, 0.25) is 0 Å². The Kier molecular flexibility index (Phi) is 3.93. The summed E-state index contributed by atoms with van der Waals surface area (Å²) in [5.41, 5.74) is 1.47. The fourth-order valence-electron chi connectivity index (χ4n) is 3.39. The van der Waals surface area contributed by atoms with Gasteiger partial charge in [0.15, 0.2) is 11.4 Å². The van der Waals surface area contributed by atoms with Gasteiger partial charge in [-0.05, 0) is 31.5 Å². The number of benzene rings is 1. The smallest absolute Gasteiger partial charge is 0.408 e. The highest BCUT2D eigenvalue weighted by Gasteiger charge is 2.29. The maximum Gasteiger partial charge on any atom is 0.419 e. The van der Waals surface area contributed by atoms with E-state index in [4.69, 9.17) is 8.94 Å². The van der Waals surface area contributed by atoms with Crippen molar-refractivity contribution in [2.45, 2.75) is 38.8 Å². The van der Waals surface area contributed by atoms with Gasteiger partial charge in [-0.3, -0.25) is 9.47 Å². The van der Waals surface area contributed by atoms with E-state index in [-0.39, 0.29) is 11.8 Å². The van der Waals surface area contributed by atoms with Crippen molar-refractivity contribution in [2.24, 2.45) is 0 Å². The molecule has 0 amide bonds. The maximum atomic E-state index is 12.1. The molecule has 1 fully saturated rings. The molecule has 126 valence electrons. The number of para-hydroxylation sites is 2. The highest BCUT2D eigenvalue weighted by atomic mass is 16.5. The number of likely N-dealkylation sites (tertiary alicyclic amines) is 1. The predicted octanol–water partition coefficient (Wildman–Crippen LogP) is 2.38. The van der Waals surface area contributed by atoms with Gasteiger partial charge in [0.05, 0.1) is 11.6 Å². The number of rotatable bonds is 5. The maximum absolute atomic E-state index is 12.1. The summed E-state index contributed by atoms with van der Waals surface area (Å²) < 4.78 is 12.2. The van der Waals surface area contributed by atoms with Gasteiger partial charge in [-0.25, -0.2) is 4.79 Å². The molecule has 0 saturated carbocycles. The summed E-state index contributed by atoms with van der Waals surface area (Å²) in [6, 6.07) is 7.68. The van der Waals surface area contributed by atoms with Crippen molar-refractivity contribution in [3.8, 4) is 0 Å². The van der Waals surface area contributed by atoms with E-state index < -0.39 is 0 Å². The number of aryl methyl sites for hydroxylation is 1. The molecule has 0 aliphatic carbocycles. The molecule has 0 spiro atoms. The first-order chi connectivity index (χ1) is 11.8. The van der Waals surface area contributed by atoms with Crippen molar-refractivity contribution in [2.75, 3.05) is 13.1 Å². The van der Waals surface area contributed by atoms with Crippen LogP contribution in [0, 0.1) is 0 Å². The van der Waals surface area contributed by atoms with Gasteiger partial charge >= 0.3 is 5.76 Å². The second-order valence-corrected chi connectivity index (χ2v) is 6.08. The Morgan fingerprint density at radius 3 is 3.00 bits per heavy atom. The van der Waals surface area contributed by atoms with E-state index in [1.165, 1.54) is 0 Å². The molecule has 2 aromatic heterocycles. The topological polar surface area (TPSA) is 77.3 Å². The number of nitrogens with zero attached hydrogens (tertiary/aromatic N) is 4. The molecule has 1 saturated heterocycles. The average molecular weight is 328 g/mol. The Bertz CT molecular complexity index is 895. The molecule has 7 heteroatoms. The van der Waals surface area contributed by atoms with Crippen LogP contribution in [-0.2, 0) is 13.0 Å². The summed E-state index contributed by atoms with van der Waals surface area (Å²) in [5.74, 6) is 1.13. The first kappa shape index (κ1) is 15.1. The number of fused-ring (bicyclic) bond motifs is 1. The number of aromatic nitrogens is 3. The molecule has 1 atom stereocenters. The Labute approximate surface area is 138 Å². The lowest BCUT2D eigenvalue weighted by molar-refractivity contribution is 0.232. The van der Waals surface area contributed by atoms with Crippen LogP contribution in [0.1, 0.15) is 37.5 Å². The van der Waals surface area contributed by atoms with Crippen LogP contribution in [0.15, 0.2) is 38.0 Å². The van der Waals surface area contributed by atoms with Crippen molar-refractivity contribution in [3.63, 3.8) is 0 Å².